The lowest BCUT2D eigenvalue weighted by Crippen LogP contribution is -2.23. The van der Waals surface area contributed by atoms with E-state index in [9.17, 15) is 22.8 Å². The van der Waals surface area contributed by atoms with Gasteiger partial charge in [-0.05, 0) is 56.2 Å². The number of aromatic nitrogens is 1. The number of rotatable bonds is 5. The van der Waals surface area contributed by atoms with E-state index in [0.717, 1.165) is 6.07 Å². The van der Waals surface area contributed by atoms with Crippen molar-refractivity contribution in [3.05, 3.63) is 65.0 Å². The molecule has 1 amide bonds. The van der Waals surface area contributed by atoms with Gasteiger partial charge in [0.2, 0.25) is 0 Å². The summed E-state index contributed by atoms with van der Waals surface area (Å²) in [5.74, 6) is -0.937. The second kappa shape index (κ2) is 8.14. The monoisotopic (exact) mass is 432 g/mol. The Hall–Kier alpha value is -3.20. The highest BCUT2D eigenvalue weighted by Gasteiger charge is 2.44. The highest BCUT2D eigenvalue weighted by molar-refractivity contribution is 6.11. The molecule has 9 heteroatoms. The van der Waals surface area contributed by atoms with Gasteiger partial charge in [-0.2, -0.15) is 13.2 Å². The zero-order valence-corrected chi connectivity index (χ0v) is 16.5. The predicted molar refractivity (Wildman–Crippen MR) is 105 cm³/mol. The SMILES string of the molecule is CCOC(=O)c1ccc(NC(=O)C2=C(c3cccc(C(F)(F)F)n3)C3CCC2O3)cc1. The average Bonchev–Trinajstić information content (AvgIpc) is 3.35. The van der Waals surface area contributed by atoms with Crippen LogP contribution in [0.4, 0.5) is 18.9 Å². The molecular formula is C22H19F3N2O4. The van der Waals surface area contributed by atoms with Crippen molar-refractivity contribution in [1.29, 1.82) is 0 Å². The van der Waals surface area contributed by atoms with Gasteiger partial charge in [-0.1, -0.05) is 6.07 Å². The fraction of sp³-hybridized carbons (Fsp3) is 0.318. The van der Waals surface area contributed by atoms with Crippen molar-refractivity contribution in [3.63, 3.8) is 0 Å². The summed E-state index contributed by atoms with van der Waals surface area (Å²) in [5.41, 5.74) is 0.529. The van der Waals surface area contributed by atoms with Crippen LogP contribution in [0.3, 0.4) is 0 Å². The summed E-state index contributed by atoms with van der Waals surface area (Å²) in [4.78, 5) is 28.5. The van der Waals surface area contributed by atoms with Gasteiger partial charge in [0.25, 0.3) is 5.91 Å². The van der Waals surface area contributed by atoms with Gasteiger partial charge < -0.3 is 14.8 Å². The maximum absolute atomic E-state index is 13.1. The number of halogens is 3. The molecule has 0 saturated carbocycles. The summed E-state index contributed by atoms with van der Waals surface area (Å²) in [5, 5.41) is 2.73. The van der Waals surface area contributed by atoms with E-state index in [0.29, 0.717) is 29.7 Å². The number of benzene rings is 1. The van der Waals surface area contributed by atoms with E-state index in [1.807, 2.05) is 0 Å². The number of pyridine rings is 1. The van der Waals surface area contributed by atoms with Crippen molar-refractivity contribution >= 4 is 23.1 Å². The standard InChI is InChI=1S/C22H19F3N2O4/c1-2-30-21(29)12-6-8-13(9-7-12)26-20(28)19-16-11-10-15(31-16)18(19)14-4-3-5-17(27-14)22(23,24)25/h3-9,15-16H,2,10-11H2,1H3,(H,26,28). The van der Waals surface area contributed by atoms with Crippen LogP contribution in [0.2, 0.25) is 0 Å². The van der Waals surface area contributed by atoms with Crippen LogP contribution in [0.5, 0.6) is 0 Å². The number of anilines is 1. The molecule has 0 spiro atoms. The lowest BCUT2D eigenvalue weighted by molar-refractivity contribution is -0.141. The molecule has 1 aromatic heterocycles. The minimum absolute atomic E-state index is 0.0878. The number of carbonyl (C=O) groups excluding carboxylic acids is 2. The van der Waals surface area contributed by atoms with E-state index < -0.39 is 36.0 Å². The molecular weight excluding hydrogens is 413 g/mol. The van der Waals surface area contributed by atoms with Crippen LogP contribution in [0.1, 0.15) is 41.5 Å². The molecule has 4 rings (SSSR count). The van der Waals surface area contributed by atoms with Crippen LogP contribution in [0, 0.1) is 0 Å². The summed E-state index contributed by atoms with van der Waals surface area (Å²) in [6.45, 7) is 1.95. The molecule has 0 radical (unpaired) electrons. The van der Waals surface area contributed by atoms with Crippen LogP contribution >= 0.6 is 0 Å². The summed E-state index contributed by atoms with van der Waals surface area (Å²) >= 11 is 0. The minimum Gasteiger partial charge on any atom is -0.462 e. The summed E-state index contributed by atoms with van der Waals surface area (Å²) < 4.78 is 50.0. The van der Waals surface area contributed by atoms with E-state index in [2.05, 4.69) is 10.3 Å². The molecule has 1 saturated heterocycles. The smallest absolute Gasteiger partial charge is 0.433 e. The fourth-order valence-electron chi connectivity index (χ4n) is 3.83. The molecule has 162 valence electrons. The third-order valence-corrected chi connectivity index (χ3v) is 5.17. The van der Waals surface area contributed by atoms with E-state index in [1.54, 1.807) is 19.1 Å². The van der Waals surface area contributed by atoms with Crippen LogP contribution in [0.25, 0.3) is 5.57 Å². The van der Waals surface area contributed by atoms with Crippen molar-refractivity contribution in [2.45, 2.75) is 38.1 Å². The molecule has 3 heterocycles. The number of fused-ring (bicyclic) bond motifs is 2. The number of esters is 1. The number of hydrogen-bond donors (Lipinski definition) is 1. The van der Waals surface area contributed by atoms with Gasteiger partial charge in [0.15, 0.2) is 0 Å². The number of alkyl halides is 3. The van der Waals surface area contributed by atoms with Crippen molar-refractivity contribution in [2.75, 3.05) is 11.9 Å². The van der Waals surface area contributed by atoms with Crippen molar-refractivity contribution in [2.24, 2.45) is 0 Å². The molecule has 2 aliphatic heterocycles. The average molecular weight is 432 g/mol. The molecule has 6 nitrogen and oxygen atoms in total. The lowest BCUT2D eigenvalue weighted by Gasteiger charge is -2.17. The first-order valence-corrected chi connectivity index (χ1v) is 9.80. The van der Waals surface area contributed by atoms with Gasteiger partial charge in [-0.15, -0.1) is 0 Å². The Morgan fingerprint density at radius 2 is 1.84 bits per heavy atom. The lowest BCUT2D eigenvalue weighted by atomic mass is 9.89. The van der Waals surface area contributed by atoms with Crippen LogP contribution in [-0.2, 0) is 20.4 Å². The third kappa shape index (κ3) is 4.18. The maximum Gasteiger partial charge on any atom is 0.433 e. The van der Waals surface area contributed by atoms with Gasteiger partial charge in [0.05, 0.1) is 35.6 Å². The van der Waals surface area contributed by atoms with Gasteiger partial charge >= 0.3 is 12.1 Å². The molecule has 31 heavy (non-hydrogen) atoms. The summed E-state index contributed by atoms with van der Waals surface area (Å²) in [7, 11) is 0. The van der Waals surface area contributed by atoms with Crippen molar-refractivity contribution in [3.8, 4) is 0 Å². The minimum atomic E-state index is -4.59. The topological polar surface area (TPSA) is 77.5 Å². The summed E-state index contributed by atoms with van der Waals surface area (Å²) in [6.07, 6.45) is -4.32. The molecule has 2 bridgehead atoms. The normalized spacial score (nSPS) is 20.1. The number of amides is 1. The quantitative estimate of drug-likeness (QED) is 0.716. The van der Waals surface area contributed by atoms with E-state index >= 15 is 0 Å². The molecule has 1 aromatic carbocycles. The van der Waals surface area contributed by atoms with Gasteiger partial charge in [0.1, 0.15) is 5.69 Å². The van der Waals surface area contributed by atoms with Crippen molar-refractivity contribution in [1.82, 2.24) is 4.98 Å². The second-order valence-corrected chi connectivity index (χ2v) is 7.18. The van der Waals surface area contributed by atoms with Crippen molar-refractivity contribution < 1.29 is 32.2 Å². The predicted octanol–water partition coefficient (Wildman–Crippen LogP) is 4.23. The van der Waals surface area contributed by atoms with Crippen LogP contribution in [-0.4, -0.2) is 35.7 Å². The third-order valence-electron chi connectivity index (χ3n) is 5.17. The highest BCUT2D eigenvalue weighted by atomic mass is 19.4. The van der Waals surface area contributed by atoms with E-state index in [-0.39, 0.29) is 17.9 Å². The largest absolute Gasteiger partial charge is 0.462 e. The molecule has 2 aromatic rings. The molecule has 2 aliphatic rings. The van der Waals surface area contributed by atoms with Crippen LogP contribution < -0.4 is 5.32 Å². The Morgan fingerprint density at radius 1 is 1.13 bits per heavy atom. The molecule has 1 N–H and O–H groups in total. The molecule has 1 fully saturated rings. The van der Waals surface area contributed by atoms with Crippen LogP contribution in [0.15, 0.2) is 48.0 Å². The Labute approximate surface area is 176 Å². The summed E-state index contributed by atoms with van der Waals surface area (Å²) in [6, 6.07) is 9.78. The molecule has 0 aliphatic carbocycles. The number of nitrogens with zero attached hydrogens (tertiary/aromatic N) is 1. The Morgan fingerprint density at radius 3 is 2.52 bits per heavy atom. The molecule has 2 unspecified atom stereocenters. The molecule has 2 atom stereocenters. The number of hydrogen-bond acceptors (Lipinski definition) is 5. The Balaban J connectivity index is 1.61. The number of ether oxygens (including phenoxy) is 2. The van der Waals surface area contributed by atoms with Gasteiger partial charge in [-0.3, -0.25) is 4.79 Å². The van der Waals surface area contributed by atoms with E-state index in [1.165, 1.54) is 24.3 Å². The zero-order chi connectivity index (χ0) is 22.2. The Kier molecular flexibility index (Phi) is 5.53. The number of nitrogens with one attached hydrogen (secondary N) is 1. The number of carbonyl (C=O) groups is 2. The maximum atomic E-state index is 13.1. The second-order valence-electron chi connectivity index (χ2n) is 7.18. The first-order chi connectivity index (χ1) is 14.8. The zero-order valence-electron chi connectivity index (χ0n) is 16.5. The highest BCUT2D eigenvalue weighted by Crippen LogP contribution is 2.44. The van der Waals surface area contributed by atoms with Gasteiger partial charge in [0, 0.05) is 11.3 Å². The van der Waals surface area contributed by atoms with Gasteiger partial charge in [-0.25, -0.2) is 9.78 Å². The Bertz CT molecular complexity index is 1050. The first kappa shape index (κ1) is 21.0. The fourth-order valence-corrected chi connectivity index (χ4v) is 3.83. The first-order valence-electron chi connectivity index (χ1n) is 9.80. The van der Waals surface area contributed by atoms with E-state index in [4.69, 9.17) is 9.47 Å².